The lowest BCUT2D eigenvalue weighted by Gasteiger charge is -2.16. The van der Waals surface area contributed by atoms with Crippen LogP contribution in [0.3, 0.4) is 0 Å². The third kappa shape index (κ3) is 2.38. The van der Waals surface area contributed by atoms with Crippen molar-refractivity contribution < 1.29 is 18.3 Å². The van der Waals surface area contributed by atoms with E-state index in [0.29, 0.717) is 5.69 Å². The molecule has 1 aliphatic rings. The van der Waals surface area contributed by atoms with Crippen LogP contribution in [-0.4, -0.2) is 39.1 Å². The van der Waals surface area contributed by atoms with E-state index in [1.165, 1.54) is 24.1 Å². The first-order chi connectivity index (χ1) is 8.44. The van der Waals surface area contributed by atoms with Crippen molar-refractivity contribution in [1.82, 2.24) is 4.72 Å². The Morgan fingerprint density at radius 1 is 1.33 bits per heavy atom. The summed E-state index contributed by atoms with van der Waals surface area (Å²) in [6.07, 6.45) is -0.547. The number of β-amino-alcohol motifs (C(OH)–C–C–N with tert-alkyl or cyclic N) is 1. The number of nitrogens with one attached hydrogen (secondary N) is 1. The minimum absolute atomic E-state index is 0.108. The maximum absolute atomic E-state index is 11.6. The third-order valence-corrected chi connectivity index (χ3v) is 4.26. The average Bonchev–Trinajstić information content (AvgIpc) is 2.69. The normalized spacial score (nSPS) is 20.4. The second-order valence-corrected chi connectivity index (χ2v) is 5.95. The first-order valence-electron chi connectivity index (χ1n) is 5.46. The van der Waals surface area contributed by atoms with Gasteiger partial charge in [0.2, 0.25) is 15.9 Å². The fourth-order valence-corrected chi connectivity index (χ4v) is 2.59. The first kappa shape index (κ1) is 13.0. The summed E-state index contributed by atoms with van der Waals surface area (Å²) in [6.45, 7) is 0.247. The topological polar surface area (TPSA) is 86.7 Å². The van der Waals surface area contributed by atoms with Gasteiger partial charge in [-0.3, -0.25) is 4.79 Å². The van der Waals surface area contributed by atoms with Gasteiger partial charge in [-0.1, -0.05) is 0 Å². The highest BCUT2D eigenvalue weighted by atomic mass is 32.2. The molecule has 2 rings (SSSR count). The molecular weight excluding hydrogens is 256 g/mol. The Kier molecular flexibility index (Phi) is 3.38. The van der Waals surface area contributed by atoms with Crippen LogP contribution in [-0.2, 0) is 14.8 Å². The van der Waals surface area contributed by atoms with Crippen LogP contribution in [0.4, 0.5) is 5.69 Å². The fraction of sp³-hybridized carbons (Fsp3) is 0.364. The number of hydrogen-bond acceptors (Lipinski definition) is 4. The van der Waals surface area contributed by atoms with E-state index < -0.39 is 16.1 Å². The summed E-state index contributed by atoms with van der Waals surface area (Å²) in [5, 5.41) is 9.38. The maximum Gasteiger partial charge on any atom is 0.240 e. The number of benzene rings is 1. The second-order valence-electron chi connectivity index (χ2n) is 4.06. The average molecular weight is 270 g/mol. The van der Waals surface area contributed by atoms with Crippen molar-refractivity contribution in [2.24, 2.45) is 0 Å². The summed E-state index contributed by atoms with van der Waals surface area (Å²) in [5.74, 6) is -0.160. The molecule has 1 aromatic rings. The number of sulfonamides is 1. The summed E-state index contributed by atoms with van der Waals surface area (Å²) in [4.78, 5) is 13.1. The van der Waals surface area contributed by atoms with Gasteiger partial charge in [-0.25, -0.2) is 13.1 Å². The predicted octanol–water partition coefficient (Wildman–Crippen LogP) is -0.308. The summed E-state index contributed by atoms with van der Waals surface area (Å²) in [6, 6.07) is 5.97. The van der Waals surface area contributed by atoms with E-state index in [1.54, 1.807) is 12.1 Å². The van der Waals surface area contributed by atoms with Crippen LogP contribution in [0.5, 0.6) is 0 Å². The van der Waals surface area contributed by atoms with Crippen LogP contribution in [0, 0.1) is 0 Å². The largest absolute Gasteiger partial charge is 0.391 e. The molecule has 1 aliphatic heterocycles. The molecule has 1 aromatic carbocycles. The zero-order valence-electron chi connectivity index (χ0n) is 9.83. The third-order valence-electron chi connectivity index (χ3n) is 2.83. The zero-order valence-corrected chi connectivity index (χ0v) is 10.6. The molecule has 0 saturated carbocycles. The van der Waals surface area contributed by atoms with Gasteiger partial charge in [0.25, 0.3) is 0 Å². The van der Waals surface area contributed by atoms with Gasteiger partial charge < -0.3 is 10.0 Å². The minimum Gasteiger partial charge on any atom is -0.391 e. The van der Waals surface area contributed by atoms with Crippen LogP contribution < -0.4 is 9.62 Å². The van der Waals surface area contributed by atoms with Gasteiger partial charge in [-0.2, -0.15) is 0 Å². The second kappa shape index (κ2) is 4.68. The molecule has 1 fully saturated rings. The molecule has 2 N–H and O–H groups in total. The monoisotopic (exact) mass is 270 g/mol. The van der Waals surface area contributed by atoms with Crippen LogP contribution in [0.15, 0.2) is 29.2 Å². The highest BCUT2D eigenvalue weighted by molar-refractivity contribution is 7.89. The molecule has 18 heavy (non-hydrogen) atoms. The lowest BCUT2D eigenvalue weighted by Crippen LogP contribution is -2.25. The molecule has 0 radical (unpaired) electrons. The standard InChI is InChI=1S/C11H14N2O4S/c1-12-18(16,17)10-4-2-8(3-5-10)13-7-9(14)6-11(13)15/h2-5,9,12,14H,6-7H2,1H3. The Bertz CT molecular complexity index is 553. The van der Waals surface area contributed by atoms with Crippen molar-refractivity contribution in [3.63, 3.8) is 0 Å². The molecular formula is C11H14N2O4S. The number of hydrogen-bond donors (Lipinski definition) is 2. The van der Waals surface area contributed by atoms with Crippen molar-refractivity contribution >= 4 is 21.6 Å². The fourth-order valence-electron chi connectivity index (χ4n) is 1.86. The Hall–Kier alpha value is -1.44. The van der Waals surface area contributed by atoms with Gasteiger partial charge >= 0.3 is 0 Å². The van der Waals surface area contributed by atoms with Crippen molar-refractivity contribution in [3.05, 3.63) is 24.3 Å². The van der Waals surface area contributed by atoms with Gasteiger partial charge in [0.1, 0.15) is 0 Å². The SMILES string of the molecule is CNS(=O)(=O)c1ccc(N2CC(O)CC2=O)cc1. The summed E-state index contributed by atoms with van der Waals surface area (Å²) in [7, 11) is -2.13. The predicted molar refractivity (Wildman–Crippen MR) is 65.7 cm³/mol. The van der Waals surface area contributed by atoms with E-state index in [4.69, 9.17) is 0 Å². The maximum atomic E-state index is 11.6. The van der Waals surface area contributed by atoms with E-state index in [-0.39, 0.29) is 23.8 Å². The van der Waals surface area contributed by atoms with E-state index in [1.807, 2.05) is 0 Å². The molecule has 0 bridgehead atoms. The van der Waals surface area contributed by atoms with Crippen LogP contribution in [0.25, 0.3) is 0 Å². The van der Waals surface area contributed by atoms with E-state index in [9.17, 15) is 18.3 Å². The van der Waals surface area contributed by atoms with Crippen LogP contribution in [0.2, 0.25) is 0 Å². The number of anilines is 1. The Morgan fingerprint density at radius 3 is 2.39 bits per heavy atom. The number of aliphatic hydroxyl groups excluding tert-OH is 1. The van der Waals surface area contributed by atoms with Gasteiger partial charge in [-0.15, -0.1) is 0 Å². The van der Waals surface area contributed by atoms with Crippen LogP contribution >= 0.6 is 0 Å². The van der Waals surface area contributed by atoms with Gasteiger partial charge in [0.05, 0.1) is 24.0 Å². The summed E-state index contributed by atoms with van der Waals surface area (Å²) in [5.41, 5.74) is 0.589. The summed E-state index contributed by atoms with van der Waals surface area (Å²) >= 11 is 0. The number of amides is 1. The Labute approximate surface area is 105 Å². The molecule has 6 nitrogen and oxygen atoms in total. The van der Waals surface area contributed by atoms with E-state index in [2.05, 4.69) is 4.72 Å². The highest BCUT2D eigenvalue weighted by Gasteiger charge is 2.29. The number of carbonyl (C=O) groups excluding carboxylic acids is 1. The molecule has 98 valence electrons. The number of rotatable bonds is 3. The molecule has 7 heteroatoms. The lowest BCUT2D eigenvalue weighted by molar-refractivity contribution is -0.117. The van der Waals surface area contributed by atoms with Gasteiger partial charge in [-0.05, 0) is 31.3 Å². The van der Waals surface area contributed by atoms with Crippen molar-refractivity contribution in [2.75, 3.05) is 18.5 Å². The molecule has 0 aliphatic carbocycles. The summed E-state index contributed by atoms with van der Waals surface area (Å²) < 4.78 is 25.3. The molecule has 0 aromatic heterocycles. The number of nitrogens with zero attached hydrogens (tertiary/aromatic N) is 1. The molecule has 1 saturated heterocycles. The van der Waals surface area contributed by atoms with Crippen LogP contribution in [0.1, 0.15) is 6.42 Å². The Balaban J connectivity index is 2.26. The lowest BCUT2D eigenvalue weighted by atomic mass is 10.3. The minimum atomic E-state index is -3.47. The zero-order chi connectivity index (χ0) is 13.3. The van der Waals surface area contributed by atoms with E-state index >= 15 is 0 Å². The number of aliphatic hydroxyl groups is 1. The van der Waals surface area contributed by atoms with Crippen molar-refractivity contribution in [1.29, 1.82) is 0 Å². The molecule has 0 spiro atoms. The quantitative estimate of drug-likeness (QED) is 0.789. The smallest absolute Gasteiger partial charge is 0.240 e. The van der Waals surface area contributed by atoms with Gasteiger partial charge in [0.15, 0.2) is 0 Å². The van der Waals surface area contributed by atoms with Crippen molar-refractivity contribution in [2.45, 2.75) is 17.4 Å². The van der Waals surface area contributed by atoms with Crippen molar-refractivity contribution in [3.8, 4) is 0 Å². The molecule has 1 heterocycles. The first-order valence-corrected chi connectivity index (χ1v) is 6.94. The van der Waals surface area contributed by atoms with E-state index in [0.717, 1.165) is 0 Å². The highest BCUT2D eigenvalue weighted by Crippen LogP contribution is 2.23. The number of carbonyl (C=O) groups is 1. The molecule has 1 unspecified atom stereocenters. The molecule has 1 atom stereocenters. The van der Waals surface area contributed by atoms with Gasteiger partial charge in [0, 0.05) is 5.69 Å². The molecule has 1 amide bonds. The Morgan fingerprint density at radius 2 is 1.94 bits per heavy atom.